The van der Waals surface area contributed by atoms with E-state index in [1.165, 1.54) is 25.3 Å². The quantitative estimate of drug-likeness (QED) is 0.166. The van der Waals surface area contributed by atoms with Crippen LogP contribution >= 0.6 is 15.9 Å². The molecule has 0 aliphatic heterocycles. The molecule has 3 N–H and O–H groups in total. The summed E-state index contributed by atoms with van der Waals surface area (Å²) < 4.78 is 64.7. The third-order valence-corrected chi connectivity index (χ3v) is 5.52. The van der Waals surface area contributed by atoms with E-state index in [4.69, 9.17) is 9.47 Å². The number of methoxy groups -OCH3 is 1. The summed E-state index contributed by atoms with van der Waals surface area (Å²) in [7, 11) is 1.39. The van der Waals surface area contributed by atoms with Crippen molar-refractivity contribution in [3.05, 3.63) is 69.7 Å². The maximum atomic E-state index is 14.0. The van der Waals surface area contributed by atoms with Crippen LogP contribution in [0.2, 0.25) is 0 Å². The lowest BCUT2D eigenvalue weighted by atomic mass is 10.1. The van der Waals surface area contributed by atoms with Gasteiger partial charge in [-0.15, -0.1) is 0 Å². The van der Waals surface area contributed by atoms with Crippen molar-refractivity contribution in [1.82, 2.24) is 15.3 Å². The zero-order valence-electron chi connectivity index (χ0n) is 22.2. The summed E-state index contributed by atoms with van der Waals surface area (Å²) >= 11 is 3.17. The molecular weight excluding hydrogens is 614 g/mol. The molecular formula is C27H24BrF4N5O4. The summed E-state index contributed by atoms with van der Waals surface area (Å²) in [6.07, 6.45) is -4.92. The average Bonchev–Trinajstić information content (AvgIpc) is 2.87. The predicted molar refractivity (Wildman–Crippen MR) is 146 cm³/mol. The Labute approximate surface area is 241 Å². The SMILES string of the molecule is COc1ccc(NC(=O)c2cc(C(F)(F)F)cnc2Nc2ccc(F)cc2C#CCNC(=O)OC(C)(C)C)c(Br)n1. The third-order valence-electron chi connectivity index (χ3n) is 4.92. The second kappa shape index (κ2) is 12.9. The van der Waals surface area contributed by atoms with Gasteiger partial charge in [-0.2, -0.15) is 13.2 Å². The van der Waals surface area contributed by atoms with Gasteiger partial charge in [0, 0.05) is 12.3 Å². The topological polar surface area (TPSA) is 114 Å². The first kappa shape index (κ1) is 31.2. The molecule has 2 heterocycles. The minimum absolute atomic E-state index is 0.0890. The molecule has 0 radical (unpaired) electrons. The van der Waals surface area contributed by atoms with E-state index in [0.29, 0.717) is 12.3 Å². The molecule has 3 rings (SSSR count). The molecule has 2 aromatic heterocycles. The van der Waals surface area contributed by atoms with Crippen molar-refractivity contribution in [2.24, 2.45) is 0 Å². The van der Waals surface area contributed by atoms with Crippen LogP contribution in [0.1, 0.15) is 42.3 Å². The second-order valence-electron chi connectivity index (χ2n) is 9.24. The second-order valence-corrected chi connectivity index (χ2v) is 9.99. The summed E-state index contributed by atoms with van der Waals surface area (Å²) in [4.78, 5) is 32.8. The van der Waals surface area contributed by atoms with E-state index in [1.807, 2.05) is 0 Å². The standard InChI is InChI=1S/C27H24BrF4N5O4/c1-26(2,3)41-25(39)33-11-5-6-15-12-17(29)7-8-19(15)35-23-18(13-16(14-34-23)27(30,31)32)24(38)36-20-9-10-21(40-4)37-22(20)28/h7-10,12-14H,11H2,1-4H3,(H,33,39)(H,34,35)(H,36,38). The van der Waals surface area contributed by atoms with E-state index in [0.717, 1.165) is 12.1 Å². The molecule has 1 aromatic carbocycles. The molecule has 41 heavy (non-hydrogen) atoms. The number of rotatable bonds is 6. The first-order chi connectivity index (χ1) is 19.2. The van der Waals surface area contributed by atoms with Crippen LogP contribution in [-0.2, 0) is 10.9 Å². The van der Waals surface area contributed by atoms with Crippen molar-refractivity contribution < 1.29 is 36.6 Å². The number of alkyl halides is 3. The predicted octanol–water partition coefficient (Wildman–Crippen LogP) is 6.28. The molecule has 0 atom stereocenters. The highest BCUT2D eigenvalue weighted by Crippen LogP contribution is 2.33. The van der Waals surface area contributed by atoms with Gasteiger partial charge in [0.25, 0.3) is 5.91 Å². The average molecular weight is 638 g/mol. The number of nitrogens with zero attached hydrogens (tertiary/aromatic N) is 2. The highest BCUT2D eigenvalue weighted by molar-refractivity contribution is 9.10. The zero-order valence-corrected chi connectivity index (χ0v) is 23.8. The van der Waals surface area contributed by atoms with Crippen molar-refractivity contribution in [1.29, 1.82) is 0 Å². The lowest BCUT2D eigenvalue weighted by Gasteiger charge is -2.19. The Morgan fingerprint density at radius 3 is 2.41 bits per heavy atom. The van der Waals surface area contributed by atoms with Crippen LogP contribution in [0.5, 0.6) is 5.88 Å². The largest absolute Gasteiger partial charge is 0.481 e. The van der Waals surface area contributed by atoms with E-state index >= 15 is 0 Å². The fraction of sp³-hybridized carbons (Fsp3) is 0.259. The fourth-order valence-corrected chi connectivity index (χ4v) is 3.54. The molecule has 3 aromatic rings. The van der Waals surface area contributed by atoms with Gasteiger partial charge in [-0.3, -0.25) is 4.79 Å². The first-order valence-corrected chi connectivity index (χ1v) is 12.6. The molecule has 0 unspecified atom stereocenters. The monoisotopic (exact) mass is 637 g/mol. The molecule has 0 aliphatic rings. The zero-order chi connectivity index (χ0) is 30.4. The van der Waals surface area contributed by atoms with Gasteiger partial charge in [0.15, 0.2) is 0 Å². The molecule has 14 heteroatoms. The smallest absolute Gasteiger partial charge is 0.417 e. The third kappa shape index (κ3) is 9.07. The minimum Gasteiger partial charge on any atom is -0.481 e. The lowest BCUT2D eigenvalue weighted by molar-refractivity contribution is -0.137. The van der Waals surface area contributed by atoms with Crippen LogP contribution in [0.4, 0.5) is 39.5 Å². The van der Waals surface area contributed by atoms with Gasteiger partial charge < -0.3 is 25.4 Å². The lowest BCUT2D eigenvalue weighted by Crippen LogP contribution is -2.32. The maximum Gasteiger partial charge on any atom is 0.417 e. The molecule has 0 spiro atoms. The number of alkyl carbamates (subject to hydrolysis) is 1. The number of ether oxygens (including phenoxy) is 2. The first-order valence-electron chi connectivity index (χ1n) is 11.8. The summed E-state index contributed by atoms with van der Waals surface area (Å²) in [6, 6.07) is 6.98. The number of hydrogen-bond acceptors (Lipinski definition) is 7. The molecule has 0 saturated heterocycles. The van der Waals surface area contributed by atoms with E-state index in [2.05, 4.69) is 53.7 Å². The maximum absolute atomic E-state index is 14.0. The Hall–Kier alpha value is -4.38. The van der Waals surface area contributed by atoms with Gasteiger partial charge in [-0.25, -0.2) is 19.2 Å². The van der Waals surface area contributed by atoms with Crippen LogP contribution in [0.25, 0.3) is 0 Å². The number of hydrogen-bond donors (Lipinski definition) is 3. The number of aromatic nitrogens is 2. The van der Waals surface area contributed by atoms with Crippen LogP contribution < -0.4 is 20.7 Å². The Morgan fingerprint density at radius 1 is 1.07 bits per heavy atom. The van der Waals surface area contributed by atoms with Crippen molar-refractivity contribution in [3.8, 4) is 17.7 Å². The van der Waals surface area contributed by atoms with Gasteiger partial charge in [0.05, 0.1) is 41.7 Å². The van der Waals surface area contributed by atoms with Crippen LogP contribution in [0.15, 0.2) is 47.2 Å². The number of anilines is 3. The van der Waals surface area contributed by atoms with E-state index in [9.17, 15) is 27.2 Å². The van der Waals surface area contributed by atoms with Gasteiger partial charge in [-0.1, -0.05) is 11.8 Å². The number of amides is 2. The van der Waals surface area contributed by atoms with Crippen LogP contribution in [0, 0.1) is 17.7 Å². The van der Waals surface area contributed by atoms with Crippen molar-refractivity contribution in [2.45, 2.75) is 32.5 Å². The molecule has 0 saturated carbocycles. The summed E-state index contributed by atoms with van der Waals surface area (Å²) in [6.45, 7) is 4.94. The number of pyridine rings is 2. The highest BCUT2D eigenvalue weighted by Gasteiger charge is 2.33. The van der Waals surface area contributed by atoms with Crippen molar-refractivity contribution in [3.63, 3.8) is 0 Å². The van der Waals surface area contributed by atoms with Gasteiger partial charge in [-0.05, 0) is 67.0 Å². The fourth-order valence-electron chi connectivity index (χ4n) is 3.13. The highest BCUT2D eigenvalue weighted by atomic mass is 79.9. The van der Waals surface area contributed by atoms with E-state index in [1.54, 1.807) is 20.8 Å². The summed E-state index contributed by atoms with van der Waals surface area (Å²) in [5.41, 5.74) is -1.94. The number of carbonyl (C=O) groups is 2. The summed E-state index contributed by atoms with van der Waals surface area (Å²) in [5.74, 6) is 3.73. The normalized spacial score (nSPS) is 11.1. The van der Waals surface area contributed by atoms with Gasteiger partial charge in [0.1, 0.15) is 21.8 Å². The summed E-state index contributed by atoms with van der Waals surface area (Å²) in [5, 5.41) is 7.68. The number of nitrogens with one attached hydrogen (secondary N) is 3. The van der Waals surface area contributed by atoms with Crippen LogP contribution in [0.3, 0.4) is 0 Å². The van der Waals surface area contributed by atoms with E-state index < -0.39 is 40.7 Å². The number of halogens is 5. The minimum atomic E-state index is -4.78. The molecule has 216 valence electrons. The molecule has 9 nitrogen and oxygen atoms in total. The molecule has 0 fully saturated rings. The molecule has 0 bridgehead atoms. The van der Waals surface area contributed by atoms with Gasteiger partial charge >= 0.3 is 12.3 Å². The van der Waals surface area contributed by atoms with Crippen molar-refractivity contribution >= 4 is 45.1 Å². The Bertz CT molecular complexity index is 1510. The molecule has 2 amide bonds. The number of carbonyl (C=O) groups excluding carboxylic acids is 2. The Kier molecular flexibility index (Phi) is 9.77. The number of benzene rings is 1. The van der Waals surface area contributed by atoms with Crippen molar-refractivity contribution in [2.75, 3.05) is 24.3 Å². The van der Waals surface area contributed by atoms with Crippen LogP contribution in [-0.4, -0.2) is 41.2 Å². The van der Waals surface area contributed by atoms with E-state index in [-0.39, 0.29) is 39.8 Å². The Morgan fingerprint density at radius 2 is 1.78 bits per heavy atom. The van der Waals surface area contributed by atoms with Gasteiger partial charge in [0.2, 0.25) is 5.88 Å². The Balaban J connectivity index is 1.92. The molecule has 0 aliphatic carbocycles.